The molecule has 6 heteroatoms. The summed E-state index contributed by atoms with van der Waals surface area (Å²) in [6, 6.07) is 5.05. The van der Waals surface area contributed by atoms with Crippen LogP contribution >= 0.6 is 15.9 Å². The molecule has 0 aromatic heterocycles. The van der Waals surface area contributed by atoms with Crippen LogP contribution in [-0.4, -0.2) is 25.9 Å². The fourth-order valence-corrected chi connectivity index (χ4v) is 3.08. The lowest BCUT2D eigenvalue weighted by molar-refractivity contribution is -0.0505. The monoisotopic (exact) mass is 363 g/mol. The molecular formula is C15H20BrF2NO2. The second-order valence-electron chi connectivity index (χ2n) is 5.13. The number of benzene rings is 1. The summed E-state index contributed by atoms with van der Waals surface area (Å²) < 4.78 is 35.8. The average Bonchev–Trinajstić information content (AvgIpc) is 2.89. The molecule has 1 N–H and O–H groups in total. The number of rotatable bonds is 7. The second kappa shape index (κ2) is 8.06. The maximum atomic E-state index is 12.4. The summed E-state index contributed by atoms with van der Waals surface area (Å²) in [5, 5.41) is 3.32. The molecule has 1 aromatic carbocycles. The Balaban J connectivity index is 1.91. The molecule has 0 bridgehead atoms. The normalized spacial score (nSPS) is 22.0. The zero-order chi connectivity index (χ0) is 15.2. The largest absolute Gasteiger partial charge is 0.434 e. The fraction of sp³-hybridized carbons (Fsp3) is 0.600. The fourth-order valence-electron chi connectivity index (χ4n) is 2.67. The van der Waals surface area contributed by atoms with Crippen molar-refractivity contribution in [2.75, 3.05) is 13.2 Å². The van der Waals surface area contributed by atoms with Gasteiger partial charge in [-0.3, -0.25) is 0 Å². The molecule has 2 unspecified atom stereocenters. The summed E-state index contributed by atoms with van der Waals surface area (Å²) in [6.07, 6.45) is 2.35. The third-order valence-corrected chi connectivity index (χ3v) is 4.20. The van der Waals surface area contributed by atoms with Crippen LogP contribution in [0.25, 0.3) is 0 Å². The van der Waals surface area contributed by atoms with Gasteiger partial charge < -0.3 is 14.8 Å². The number of alkyl halides is 2. The molecule has 118 valence electrons. The molecule has 2 rings (SSSR count). The molecule has 21 heavy (non-hydrogen) atoms. The molecule has 0 aliphatic carbocycles. The SMILES string of the molecule is CCC1OCCC1CNCc1cc(Br)ccc1OC(F)F. The van der Waals surface area contributed by atoms with Crippen LogP contribution in [0.2, 0.25) is 0 Å². The third kappa shape index (κ3) is 4.90. The van der Waals surface area contributed by atoms with Crippen LogP contribution in [0, 0.1) is 5.92 Å². The van der Waals surface area contributed by atoms with Crippen LogP contribution in [0.5, 0.6) is 5.75 Å². The zero-order valence-corrected chi connectivity index (χ0v) is 13.5. The van der Waals surface area contributed by atoms with E-state index in [1.165, 1.54) is 0 Å². The smallest absolute Gasteiger partial charge is 0.387 e. The van der Waals surface area contributed by atoms with E-state index in [2.05, 4.69) is 32.9 Å². The van der Waals surface area contributed by atoms with Crippen LogP contribution in [0.1, 0.15) is 25.3 Å². The van der Waals surface area contributed by atoms with Crippen molar-refractivity contribution in [3.05, 3.63) is 28.2 Å². The molecule has 1 aliphatic rings. The first-order valence-electron chi connectivity index (χ1n) is 7.15. The topological polar surface area (TPSA) is 30.5 Å². The lowest BCUT2D eigenvalue weighted by Gasteiger charge is -2.18. The van der Waals surface area contributed by atoms with E-state index in [1.54, 1.807) is 18.2 Å². The Bertz CT molecular complexity index is 459. The van der Waals surface area contributed by atoms with E-state index in [4.69, 9.17) is 4.74 Å². The van der Waals surface area contributed by atoms with Gasteiger partial charge in [0.15, 0.2) is 0 Å². The Kier molecular flexibility index (Phi) is 6.39. The van der Waals surface area contributed by atoms with E-state index in [1.807, 2.05) is 0 Å². The van der Waals surface area contributed by atoms with Gasteiger partial charge in [0.05, 0.1) is 6.10 Å². The molecule has 0 amide bonds. The molecule has 0 saturated carbocycles. The molecule has 1 heterocycles. The zero-order valence-electron chi connectivity index (χ0n) is 12.0. The first-order valence-corrected chi connectivity index (χ1v) is 7.95. The van der Waals surface area contributed by atoms with Gasteiger partial charge in [-0.1, -0.05) is 22.9 Å². The number of hydrogen-bond donors (Lipinski definition) is 1. The number of ether oxygens (including phenoxy) is 2. The van der Waals surface area contributed by atoms with E-state index in [9.17, 15) is 8.78 Å². The third-order valence-electron chi connectivity index (χ3n) is 3.71. The van der Waals surface area contributed by atoms with Gasteiger partial charge in [-0.2, -0.15) is 8.78 Å². The number of nitrogens with one attached hydrogen (secondary N) is 1. The highest BCUT2D eigenvalue weighted by Gasteiger charge is 2.26. The van der Waals surface area contributed by atoms with Crippen LogP contribution < -0.4 is 10.1 Å². The number of halogens is 3. The van der Waals surface area contributed by atoms with Crippen LogP contribution in [0.4, 0.5) is 8.78 Å². The van der Waals surface area contributed by atoms with Crippen molar-refractivity contribution < 1.29 is 18.3 Å². The molecule has 0 spiro atoms. The van der Waals surface area contributed by atoms with Crippen molar-refractivity contribution in [1.29, 1.82) is 0 Å². The van der Waals surface area contributed by atoms with Crippen molar-refractivity contribution in [3.63, 3.8) is 0 Å². The van der Waals surface area contributed by atoms with E-state index < -0.39 is 6.61 Å². The highest BCUT2D eigenvalue weighted by atomic mass is 79.9. The first kappa shape index (κ1) is 16.6. The van der Waals surface area contributed by atoms with E-state index in [-0.39, 0.29) is 5.75 Å². The van der Waals surface area contributed by atoms with Crippen molar-refractivity contribution in [2.24, 2.45) is 5.92 Å². The molecule has 1 aromatic rings. The lowest BCUT2D eigenvalue weighted by atomic mass is 9.99. The maximum Gasteiger partial charge on any atom is 0.387 e. The van der Waals surface area contributed by atoms with Crippen molar-refractivity contribution in [2.45, 2.75) is 39.0 Å². The van der Waals surface area contributed by atoms with E-state index >= 15 is 0 Å². The van der Waals surface area contributed by atoms with Gasteiger partial charge in [0.1, 0.15) is 5.75 Å². The van der Waals surface area contributed by atoms with Crippen molar-refractivity contribution in [3.8, 4) is 5.75 Å². The van der Waals surface area contributed by atoms with Gasteiger partial charge in [-0.15, -0.1) is 0 Å². The van der Waals surface area contributed by atoms with Gasteiger partial charge in [0.2, 0.25) is 0 Å². The second-order valence-corrected chi connectivity index (χ2v) is 6.04. The first-order chi connectivity index (χ1) is 10.1. The Hall–Kier alpha value is -0.720. The van der Waals surface area contributed by atoms with Crippen molar-refractivity contribution in [1.82, 2.24) is 5.32 Å². The number of hydrogen-bond acceptors (Lipinski definition) is 3. The summed E-state index contributed by atoms with van der Waals surface area (Å²) in [5.41, 5.74) is 0.719. The maximum absolute atomic E-state index is 12.4. The Morgan fingerprint density at radius 2 is 2.29 bits per heavy atom. The van der Waals surface area contributed by atoms with Gasteiger partial charge in [-0.05, 0) is 37.0 Å². The highest BCUT2D eigenvalue weighted by Crippen LogP contribution is 2.26. The standard InChI is InChI=1S/C15H20BrF2NO2/c1-2-13-10(5-6-20-13)8-19-9-11-7-12(16)3-4-14(11)21-15(17)18/h3-4,7,10,13,15,19H,2,5-6,8-9H2,1H3. The predicted octanol–water partition coefficient (Wildman–Crippen LogP) is 3.96. The van der Waals surface area contributed by atoms with Gasteiger partial charge in [-0.25, -0.2) is 0 Å². The molecule has 1 fully saturated rings. The summed E-state index contributed by atoms with van der Waals surface area (Å²) in [4.78, 5) is 0. The summed E-state index contributed by atoms with van der Waals surface area (Å²) >= 11 is 3.35. The molecule has 1 saturated heterocycles. The Morgan fingerprint density at radius 3 is 3.00 bits per heavy atom. The minimum atomic E-state index is -2.81. The molecule has 2 atom stereocenters. The van der Waals surface area contributed by atoms with Gasteiger partial charge >= 0.3 is 6.61 Å². The quantitative estimate of drug-likeness (QED) is 0.795. The molecule has 0 radical (unpaired) electrons. The van der Waals surface area contributed by atoms with Crippen LogP contribution in [-0.2, 0) is 11.3 Å². The van der Waals surface area contributed by atoms with Crippen molar-refractivity contribution >= 4 is 15.9 Å². The predicted molar refractivity (Wildman–Crippen MR) is 80.6 cm³/mol. The van der Waals surface area contributed by atoms with Gasteiger partial charge in [0, 0.05) is 29.7 Å². The van der Waals surface area contributed by atoms with Gasteiger partial charge in [0.25, 0.3) is 0 Å². The van der Waals surface area contributed by atoms with E-state index in [0.29, 0.717) is 18.6 Å². The summed E-state index contributed by atoms with van der Waals surface area (Å²) in [7, 11) is 0. The van der Waals surface area contributed by atoms with E-state index in [0.717, 1.165) is 36.0 Å². The van der Waals surface area contributed by atoms with Crippen LogP contribution in [0.3, 0.4) is 0 Å². The minimum Gasteiger partial charge on any atom is -0.434 e. The summed E-state index contributed by atoms with van der Waals surface area (Å²) in [5.74, 6) is 0.706. The molecule has 1 aliphatic heterocycles. The molecule has 3 nitrogen and oxygen atoms in total. The molecular weight excluding hydrogens is 344 g/mol. The summed E-state index contributed by atoms with van der Waals surface area (Å²) in [6.45, 7) is 1.43. The lowest BCUT2D eigenvalue weighted by Crippen LogP contribution is -2.28. The Labute approximate surface area is 132 Å². The van der Waals surface area contributed by atoms with Crippen LogP contribution in [0.15, 0.2) is 22.7 Å². The Morgan fingerprint density at radius 1 is 1.48 bits per heavy atom. The average molecular weight is 364 g/mol. The highest BCUT2D eigenvalue weighted by molar-refractivity contribution is 9.10. The minimum absolute atomic E-state index is 0.218.